The Morgan fingerprint density at radius 2 is 2.04 bits per heavy atom. The minimum atomic E-state index is -0.781. The highest BCUT2D eigenvalue weighted by Gasteiger charge is 2.45. The van der Waals surface area contributed by atoms with Gasteiger partial charge in [-0.05, 0) is 24.5 Å². The molecule has 1 aromatic carbocycles. The Hall–Kier alpha value is -2.93. The van der Waals surface area contributed by atoms with Gasteiger partial charge in [0, 0.05) is 13.0 Å². The van der Waals surface area contributed by atoms with Crippen molar-refractivity contribution >= 4 is 17.6 Å². The smallest absolute Gasteiger partial charge is 0.255 e. The molecule has 3 unspecified atom stereocenters. The van der Waals surface area contributed by atoms with E-state index in [2.05, 4.69) is 5.32 Å². The SMILES string of the molecule is O=C(NC(Cc1ccccc1)C(=O)N1CCCC2OCC(=O)C21)c1ccoc1. The van der Waals surface area contributed by atoms with Crippen molar-refractivity contribution in [2.75, 3.05) is 13.2 Å². The normalized spacial score (nSPS) is 22.6. The van der Waals surface area contributed by atoms with E-state index in [9.17, 15) is 14.4 Å². The van der Waals surface area contributed by atoms with Crippen molar-refractivity contribution < 1.29 is 23.5 Å². The summed E-state index contributed by atoms with van der Waals surface area (Å²) in [4.78, 5) is 39.8. The Morgan fingerprint density at radius 1 is 1.21 bits per heavy atom. The van der Waals surface area contributed by atoms with Crippen molar-refractivity contribution in [2.24, 2.45) is 0 Å². The van der Waals surface area contributed by atoms with E-state index >= 15 is 0 Å². The molecule has 7 heteroatoms. The number of carbonyl (C=O) groups is 3. The van der Waals surface area contributed by atoms with Crippen LogP contribution in [0.15, 0.2) is 53.3 Å². The van der Waals surface area contributed by atoms with Crippen LogP contribution in [0.25, 0.3) is 0 Å². The molecular weight excluding hydrogens is 360 g/mol. The van der Waals surface area contributed by atoms with Gasteiger partial charge in [0.2, 0.25) is 5.91 Å². The number of Topliss-reactive ketones (excluding diaryl/α,β-unsaturated/α-hetero) is 1. The van der Waals surface area contributed by atoms with E-state index in [1.54, 1.807) is 11.0 Å². The summed E-state index contributed by atoms with van der Waals surface area (Å²) in [7, 11) is 0. The molecule has 28 heavy (non-hydrogen) atoms. The van der Waals surface area contributed by atoms with Crippen molar-refractivity contribution in [3.05, 3.63) is 60.1 Å². The molecule has 0 radical (unpaired) electrons. The predicted molar refractivity (Wildman–Crippen MR) is 99.6 cm³/mol. The maximum Gasteiger partial charge on any atom is 0.255 e. The standard InChI is InChI=1S/C21H22N2O5/c24-17-13-28-18-7-4-9-23(19(17)18)21(26)16(11-14-5-2-1-3-6-14)22-20(25)15-8-10-27-12-15/h1-3,5-6,8,10,12,16,18-19H,4,7,9,11,13H2,(H,22,25). The van der Waals surface area contributed by atoms with Gasteiger partial charge in [-0.15, -0.1) is 0 Å². The maximum absolute atomic E-state index is 13.4. The number of hydrogen-bond acceptors (Lipinski definition) is 5. The Labute approximate surface area is 162 Å². The van der Waals surface area contributed by atoms with Gasteiger partial charge < -0.3 is 19.4 Å². The van der Waals surface area contributed by atoms with Crippen LogP contribution in [0.1, 0.15) is 28.8 Å². The number of hydrogen-bond donors (Lipinski definition) is 1. The van der Waals surface area contributed by atoms with Crippen LogP contribution in [0, 0.1) is 0 Å². The van der Waals surface area contributed by atoms with Gasteiger partial charge in [0.05, 0.1) is 17.9 Å². The van der Waals surface area contributed by atoms with Crippen LogP contribution in [0.2, 0.25) is 0 Å². The molecule has 146 valence electrons. The van der Waals surface area contributed by atoms with Crippen LogP contribution in [-0.2, 0) is 20.7 Å². The monoisotopic (exact) mass is 382 g/mol. The first-order valence-electron chi connectivity index (χ1n) is 9.45. The number of rotatable bonds is 5. The summed E-state index contributed by atoms with van der Waals surface area (Å²) in [5.74, 6) is -0.711. The van der Waals surface area contributed by atoms with Gasteiger partial charge in [-0.3, -0.25) is 14.4 Å². The molecule has 0 bridgehead atoms. The number of nitrogens with zero attached hydrogens (tertiary/aromatic N) is 1. The van der Waals surface area contributed by atoms with Crippen LogP contribution in [0.5, 0.6) is 0 Å². The van der Waals surface area contributed by atoms with Crippen LogP contribution in [0.3, 0.4) is 0 Å². The Morgan fingerprint density at radius 3 is 2.79 bits per heavy atom. The molecule has 2 saturated heterocycles. The number of ketones is 1. The van der Waals surface area contributed by atoms with Crippen molar-refractivity contribution in [3.8, 4) is 0 Å². The van der Waals surface area contributed by atoms with Crippen LogP contribution in [-0.4, -0.2) is 53.8 Å². The Bertz CT molecular complexity index is 849. The zero-order valence-corrected chi connectivity index (χ0v) is 15.4. The number of piperidine rings is 1. The first-order valence-corrected chi connectivity index (χ1v) is 9.45. The highest BCUT2D eigenvalue weighted by molar-refractivity contribution is 5.99. The van der Waals surface area contributed by atoms with Crippen LogP contribution in [0.4, 0.5) is 0 Å². The second kappa shape index (κ2) is 7.98. The fourth-order valence-electron chi connectivity index (χ4n) is 3.92. The molecule has 1 aromatic heterocycles. The molecular formula is C21H22N2O5. The molecule has 2 aliphatic rings. The van der Waals surface area contributed by atoms with E-state index in [0.29, 0.717) is 18.5 Å². The van der Waals surface area contributed by atoms with Crippen molar-refractivity contribution in [1.82, 2.24) is 10.2 Å². The zero-order chi connectivity index (χ0) is 19.5. The molecule has 0 aliphatic carbocycles. The zero-order valence-electron chi connectivity index (χ0n) is 15.4. The Balaban J connectivity index is 1.57. The molecule has 3 atom stereocenters. The van der Waals surface area contributed by atoms with E-state index in [-0.39, 0.29) is 30.3 Å². The number of ether oxygens (including phenoxy) is 1. The number of furan rings is 1. The number of likely N-dealkylation sites (tertiary alicyclic amines) is 1. The lowest BCUT2D eigenvalue weighted by molar-refractivity contribution is -0.142. The summed E-state index contributed by atoms with van der Waals surface area (Å²) in [5, 5.41) is 2.82. The first-order chi connectivity index (χ1) is 13.6. The molecule has 2 aliphatic heterocycles. The summed E-state index contributed by atoms with van der Waals surface area (Å²) in [6.45, 7) is 0.534. The summed E-state index contributed by atoms with van der Waals surface area (Å²) >= 11 is 0. The van der Waals surface area contributed by atoms with Crippen LogP contribution >= 0.6 is 0 Å². The van der Waals surface area contributed by atoms with Crippen molar-refractivity contribution in [3.63, 3.8) is 0 Å². The van der Waals surface area contributed by atoms with Gasteiger partial charge in [0.1, 0.15) is 25.0 Å². The summed E-state index contributed by atoms with van der Waals surface area (Å²) < 4.78 is 10.5. The average Bonchev–Trinajstić information content (AvgIpc) is 3.38. The third-order valence-electron chi connectivity index (χ3n) is 5.30. The molecule has 0 saturated carbocycles. The third-order valence-corrected chi connectivity index (χ3v) is 5.30. The molecule has 0 spiro atoms. The number of fused-ring (bicyclic) bond motifs is 1. The summed E-state index contributed by atoms with van der Waals surface area (Å²) in [6, 6.07) is 9.71. The lowest BCUT2D eigenvalue weighted by atomic mass is 9.95. The highest BCUT2D eigenvalue weighted by atomic mass is 16.5. The molecule has 4 rings (SSSR count). The molecule has 1 N–H and O–H groups in total. The first kappa shape index (κ1) is 18.4. The van der Waals surface area contributed by atoms with E-state index in [4.69, 9.17) is 9.15 Å². The van der Waals surface area contributed by atoms with Gasteiger partial charge in [0.15, 0.2) is 5.78 Å². The van der Waals surface area contributed by atoms with E-state index in [1.165, 1.54) is 12.5 Å². The van der Waals surface area contributed by atoms with E-state index < -0.39 is 12.1 Å². The number of carbonyl (C=O) groups excluding carboxylic acids is 3. The molecule has 7 nitrogen and oxygen atoms in total. The van der Waals surface area contributed by atoms with E-state index in [0.717, 1.165) is 18.4 Å². The quantitative estimate of drug-likeness (QED) is 0.848. The molecule has 2 aromatic rings. The van der Waals surface area contributed by atoms with Gasteiger partial charge in [-0.2, -0.15) is 0 Å². The lowest BCUT2D eigenvalue weighted by Crippen LogP contribution is -2.58. The third kappa shape index (κ3) is 3.71. The minimum Gasteiger partial charge on any atom is -0.472 e. The fourth-order valence-corrected chi connectivity index (χ4v) is 3.92. The number of amides is 2. The Kier molecular flexibility index (Phi) is 5.25. The number of nitrogens with one attached hydrogen (secondary N) is 1. The molecule has 2 fully saturated rings. The predicted octanol–water partition coefficient (Wildman–Crippen LogP) is 1.58. The van der Waals surface area contributed by atoms with Gasteiger partial charge >= 0.3 is 0 Å². The van der Waals surface area contributed by atoms with Gasteiger partial charge in [-0.1, -0.05) is 30.3 Å². The van der Waals surface area contributed by atoms with Gasteiger partial charge in [0.25, 0.3) is 5.91 Å². The topological polar surface area (TPSA) is 88.9 Å². The lowest BCUT2D eigenvalue weighted by Gasteiger charge is -2.37. The maximum atomic E-state index is 13.4. The summed E-state index contributed by atoms with van der Waals surface area (Å²) in [5.41, 5.74) is 1.28. The second-order valence-corrected chi connectivity index (χ2v) is 7.16. The summed E-state index contributed by atoms with van der Waals surface area (Å²) in [6.07, 6.45) is 4.38. The number of benzene rings is 1. The van der Waals surface area contributed by atoms with Crippen LogP contribution < -0.4 is 5.32 Å². The van der Waals surface area contributed by atoms with E-state index in [1.807, 2.05) is 30.3 Å². The highest BCUT2D eigenvalue weighted by Crippen LogP contribution is 2.27. The second-order valence-electron chi connectivity index (χ2n) is 7.16. The minimum absolute atomic E-state index is 0.0455. The average molecular weight is 382 g/mol. The van der Waals surface area contributed by atoms with Gasteiger partial charge in [-0.25, -0.2) is 0 Å². The largest absolute Gasteiger partial charge is 0.472 e. The van der Waals surface area contributed by atoms with Crippen molar-refractivity contribution in [2.45, 2.75) is 37.5 Å². The van der Waals surface area contributed by atoms with Crippen molar-refractivity contribution in [1.29, 1.82) is 0 Å². The molecule has 2 amide bonds. The fraction of sp³-hybridized carbons (Fsp3) is 0.381. The molecule has 3 heterocycles.